The van der Waals surface area contributed by atoms with Crippen LogP contribution in [0.25, 0.3) is 0 Å². The molecule has 2 aromatic carbocycles. The molecule has 0 saturated carbocycles. The van der Waals surface area contributed by atoms with Crippen LogP contribution in [-0.2, 0) is 0 Å². The van der Waals surface area contributed by atoms with E-state index in [1.165, 1.54) is 0 Å². The fraction of sp³-hybridized carbons (Fsp3) is 0.235. The standard InChI is InChI=1S/C17H17BrClNO/c1-10(2)13-6-4-5-11(3)16(13)20-17(21)14-8-7-12(19)9-15(14)18/h4-10H,1-3H3,(H,20,21). The maximum Gasteiger partial charge on any atom is 0.256 e. The van der Waals surface area contributed by atoms with Gasteiger partial charge in [0.1, 0.15) is 0 Å². The highest BCUT2D eigenvalue weighted by molar-refractivity contribution is 9.10. The van der Waals surface area contributed by atoms with Gasteiger partial charge in [-0.15, -0.1) is 0 Å². The van der Waals surface area contributed by atoms with Crippen molar-refractivity contribution in [2.45, 2.75) is 26.7 Å². The number of rotatable bonds is 3. The molecular formula is C17H17BrClNO. The molecule has 2 rings (SSSR count). The van der Waals surface area contributed by atoms with Crippen LogP contribution >= 0.6 is 27.5 Å². The first-order valence-corrected chi connectivity index (χ1v) is 7.93. The van der Waals surface area contributed by atoms with Gasteiger partial charge in [0.15, 0.2) is 0 Å². The third kappa shape index (κ3) is 3.66. The Kier molecular flexibility index (Phi) is 5.07. The second-order valence-electron chi connectivity index (χ2n) is 5.27. The molecule has 0 aliphatic carbocycles. The number of hydrogen-bond acceptors (Lipinski definition) is 1. The molecule has 0 bridgehead atoms. The summed E-state index contributed by atoms with van der Waals surface area (Å²) < 4.78 is 0.687. The Morgan fingerprint density at radius 2 is 1.95 bits per heavy atom. The number of aryl methyl sites for hydroxylation is 1. The molecule has 2 nitrogen and oxygen atoms in total. The maximum absolute atomic E-state index is 12.5. The molecule has 110 valence electrons. The maximum atomic E-state index is 12.5. The van der Waals surface area contributed by atoms with Crippen LogP contribution < -0.4 is 5.32 Å². The molecule has 1 amide bonds. The zero-order valence-corrected chi connectivity index (χ0v) is 14.5. The van der Waals surface area contributed by atoms with E-state index >= 15 is 0 Å². The average Bonchev–Trinajstić information content (AvgIpc) is 2.40. The van der Waals surface area contributed by atoms with Crippen molar-refractivity contribution < 1.29 is 4.79 Å². The van der Waals surface area contributed by atoms with Crippen LogP contribution in [0.1, 0.15) is 41.3 Å². The molecule has 2 aromatic rings. The van der Waals surface area contributed by atoms with E-state index < -0.39 is 0 Å². The molecule has 0 fully saturated rings. The fourth-order valence-corrected chi connectivity index (χ4v) is 3.06. The average molecular weight is 367 g/mol. The molecule has 0 aliphatic rings. The molecule has 0 atom stereocenters. The molecule has 0 aliphatic heterocycles. The molecule has 1 N–H and O–H groups in total. The normalized spacial score (nSPS) is 10.8. The van der Waals surface area contributed by atoms with Crippen LogP contribution in [0.15, 0.2) is 40.9 Å². The van der Waals surface area contributed by atoms with E-state index in [-0.39, 0.29) is 5.91 Å². The Morgan fingerprint density at radius 3 is 2.57 bits per heavy atom. The Balaban J connectivity index is 2.36. The smallest absolute Gasteiger partial charge is 0.256 e. The SMILES string of the molecule is Cc1cccc(C(C)C)c1NC(=O)c1ccc(Cl)cc1Br. The van der Waals surface area contributed by atoms with Crippen LogP contribution in [0.4, 0.5) is 5.69 Å². The predicted octanol–water partition coefficient (Wildman–Crippen LogP) is 5.79. The minimum Gasteiger partial charge on any atom is -0.321 e. The summed E-state index contributed by atoms with van der Waals surface area (Å²) in [4.78, 5) is 12.5. The Morgan fingerprint density at radius 1 is 1.24 bits per heavy atom. The quantitative estimate of drug-likeness (QED) is 0.732. The van der Waals surface area contributed by atoms with Gasteiger partial charge < -0.3 is 5.32 Å². The van der Waals surface area contributed by atoms with Gasteiger partial charge in [-0.3, -0.25) is 4.79 Å². The third-order valence-corrected chi connectivity index (χ3v) is 4.23. The molecule has 0 heterocycles. The summed E-state index contributed by atoms with van der Waals surface area (Å²) in [6.45, 7) is 6.23. The first-order valence-electron chi connectivity index (χ1n) is 6.76. The number of carbonyl (C=O) groups excluding carboxylic acids is 1. The lowest BCUT2D eigenvalue weighted by Crippen LogP contribution is -2.15. The van der Waals surface area contributed by atoms with Crippen LogP contribution in [-0.4, -0.2) is 5.91 Å². The lowest BCUT2D eigenvalue weighted by molar-refractivity contribution is 0.102. The Labute approximate surface area is 138 Å². The van der Waals surface area contributed by atoms with E-state index in [0.29, 0.717) is 21.0 Å². The number of nitrogens with one attached hydrogen (secondary N) is 1. The number of amides is 1. The molecule has 0 unspecified atom stereocenters. The van der Waals surface area contributed by atoms with Gasteiger partial charge in [0, 0.05) is 15.2 Å². The zero-order valence-electron chi connectivity index (χ0n) is 12.2. The van der Waals surface area contributed by atoms with Crippen molar-refractivity contribution >= 4 is 39.1 Å². The Hall–Kier alpha value is -1.32. The lowest BCUT2D eigenvalue weighted by atomic mass is 9.98. The van der Waals surface area contributed by atoms with Crippen LogP contribution in [0.2, 0.25) is 5.02 Å². The largest absolute Gasteiger partial charge is 0.321 e. The summed E-state index contributed by atoms with van der Waals surface area (Å²) in [5.41, 5.74) is 3.64. The molecular weight excluding hydrogens is 350 g/mol. The van der Waals surface area contributed by atoms with Crippen molar-refractivity contribution in [2.75, 3.05) is 5.32 Å². The summed E-state index contributed by atoms with van der Waals surface area (Å²) in [6, 6.07) is 11.2. The second kappa shape index (κ2) is 6.63. The van der Waals surface area contributed by atoms with Gasteiger partial charge in [0.25, 0.3) is 5.91 Å². The third-order valence-electron chi connectivity index (χ3n) is 3.34. The van der Waals surface area contributed by atoms with Crippen molar-refractivity contribution in [3.63, 3.8) is 0 Å². The number of carbonyl (C=O) groups is 1. The van der Waals surface area contributed by atoms with Crippen molar-refractivity contribution in [3.8, 4) is 0 Å². The predicted molar refractivity (Wildman–Crippen MR) is 92.4 cm³/mol. The van der Waals surface area contributed by atoms with E-state index in [4.69, 9.17) is 11.6 Å². The van der Waals surface area contributed by atoms with Crippen molar-refractivity contribution in [2.24, 2.45) is 0 Å². The lowest BCUT2D eigenvalue weighted by Gasteiger charge is -2.17. The first-order chi connectivity index (χ1) is 9.90. The number of para-hydroxylation sites is 1. The Bertz CT molecular complexity index is 682. The van der Waals surface area contributed by atoms with Crippen molar-refractivity contribution in [3.05, 3.63) is 62.6 Å². The minimum absolute atomic E-state index is 0.144. The fourth-order valence-electron chi connectivity index (χ4n) is 2.20. The molecule has 0 aromatic heterocycles. The first kappa shape index (κ1) is 16.1. The summed E-state index contributed by atoms with van der Waals surface area (Å²) in [5, 5.41) is 3.62. The van der Waals surface area contributed by atoms with Gasteiger partial charge in [0.05, 0.1) is 5.56 Å². The van der Waals surface area contributed by atoms with Crippen molar-refractivity contribution in [1.29, 1.82) is 0 Å². The number of hydrogen-bond donors (Lipinski definition) is 1. The van der Waals surface area contributed by atoms with Crippen molar-refractivity contribution in [1.82, 2.24) is 0 Å². The highest BCUT2D eigenvalue weighted by Gasteiger charge is 2.15. The number of anilines is 1. The van der Waals surface area contributed by atoms with E-state index in [0.717, 1.165) is 16.8 Å². The number of benzene rings is 2. The van der Waals surface area contributed by atoms with E-state index in [1.807, 2.05) is 25.1 Å². The monoisotopic (exact) mass is 365 g/mol. The summed E-state index contributed by atoms with van der Waals surface area (Å²) in [5.74, 6) is 0.198. The summed E-state index contributed by atoms with van der Waals surface area (Å²) in [6.07, 6.45) is 0. The van der Waals surface area contributed by atoms with Crippen LogP contribution in [0.5, 0.6) is 0 Å². The van der Waals surface area contributed by atoms with Gasteiger partial charge in [-0.05, 0) is 58.1 Å². The topological polar surface area (TPSA) is 29.1 Å². The minimum atomic E-state index is -0.144. The second-order valence-corrected chi connectivity index (χ2v) is 6.56. The molecule has 0 spiro atoms. The van der Waals surface area contributed by atoms with E-state index in [2.05, 4.69) is 35.1 Å². The summed E-state index contributed by atoms with van der Waals surface area (Å²) in [7, 11) is 0. The van der Waals surface area contributed by atoms with Gasteiger partial charge in [0.2, 0.25) is 0 Å². The highest BCUT2D eigenvalue weighted by Crippen LogP contribution is 2.29. The highest BCUT2D eigenvalue weighted by atomic mass is 79.9. The van der Waals surface area contributed by atoms with Gasteiger partial charge >= 0.3 is 0 Å². The molecule has 0 radical (unpaired) electrons. The van der Waals surface area contributed by atoms with Crippen LogP contribution in [0.3, 0.4) is 0 Å². The number of halogens is 2. The zero-order chi connectivity index (χ0) is 15.6. The van der Waals surface area contributed by atoms with Gasteiger partial charge in [-0.25, -0.2) is 0 Å². The summed E-state index contributed by atoms with van der Waals surface area (Å²) >= 11 is 9.29. The van der Waals surface area contributed by atoms with E-state index in [1.54, 1.807) is 18.2 Å². The van der Waals surface area contributed by atoms with Gasteiger partial charge in [-0.1, -0.05) is 43.6 Å². The molecule has 4 heteroatoms. The van der Waals surface area contributed by atoms with Crippen LogP contribution in [0, 0.1) is 6.92 Å². The van der Waals surface area contributed by atoms with Gasteiger partial charge in [-0.2, -0.15) is 0 Å². The molecule has 0 saturated heterocycles. The molecule has 21 heavy (non-hydrogen) atoms. The van der Waals surface area contributed by atoms with E-state index in [9.17, 15) is 4.79 Å².